The molecule has 0 aliphatic heterocycles. The molecular weight excluding hydrogens is 226 g/mol. The zero-order valence-electron chi connectivity index (χ0n) is 11.0. The maximum atomic E-state index is 12.1. The van der Waals surface area contributed by atoms with Crippen LogP contribution in [0.1, 0.15) is 38.2 Å². The second-order valence-electron chi connectivity index (χ2n) is 5.42. The number of carbonyl (C=O) groups is 1. The third-order valence-corrected chi connectivity index (χ3v) is 3.91. The van der Waals surface area contributed by atoms with Gasteiger partial charge in [-0.15, -0.1) is 0 Å². The van der Waals surface area contributed by atoms with Gasteiger partial charge in [-0.1, -0.05) is 37.3 Å². The molecule has 1 aromatic rings. The number of carbonyl (C=O) groups excluding carboxylic acids is 1. The van der Waals surface area contributed by atoms with Crippen LogP contribution in [0.15, 0.2) is 30.3 Å². The summed E-state index contributed by atoms with van der Waals surface area (Å²) in [4.78, 5) is 12.1. The number of aliphatic hydroxyl groups is 1. The first-order valence-electron chi connectivity index (χ1n) is 6.57. The minimum Gasteiger partial charge on any atom is -0.394 e. The first-order valence-corrected chi connectivity index (χ1v) is 6.57. The van der Waals surface area contributed by atoms with Crippen molar-refractivity contribution < 1.29 is 9.90 Å². The highest BCUT2D eigenvalue weighted by atomic mass is 16.3. The lowest BCUT2D eigenvalue weighted by atomic mass is 9.99. The summed E-state index contributed by atoms with van der Waals surface area (Å²) in [5, 5.41) is 12.3. The standard InChI is InChI=1S/C15H21NO2/c1-3-15(2,10-17)16-14(18)13-9-12(13)11-7-5-4-6-8-11/h4-8,12-13,17H,3,9-10H2,1-2H3,(H,16,18). The van der Waals surface area contributed by atoms with E-state index in [9.17, 15) is 9.90 Å². The lowest BCUT2D eigenvalue weighted by Crippen LogP contribution is -2.49. The largest absolute Gasteiger partial charge is 0.394 e. The lowest BCUT2D eigenvalue weighted by molar-refractivity contribution is -0.124. The molecule has 1 aliphatic carbocycles. The first-order chi connectivity index (χ1) is 8.59. The van der Waals surface area contributed by atoms with Crippen molar-refractivity contribution in [3.63, 3.8) is 0 Å². The van der Waals surface area contributed by atoms with Crippen molar-refractivity contribution in [2.45, 2.75) is 38.1 Å². The fourth-order valence-corrected chi connectivity index (χ4v) is 2.18. The van der Waals surface area contributed by atoms with Crippen LogP contribution < -0.4 is 5.32 Å². The normalized spacial score (nSPS) is 25.3. The molecular formula is C15H21NO2. The van der Waals surface area contributed by atoms with Crippen LogP contribution in [0.5, 0.6) is 0 Å². The Morgan fingerprint density at radius 2 is 2.11 bits per heavy atom. The van der Waals surface area contributed by atoms with Crippen LogP contribution >= 0.6 is 0 Å². The van der Waals surface area contributed by atoms with Gasteiger partial charge in [0.1, 0.15) is 0 Å². The highest BCUT2D eigenvalue weighted by Crippen LogP contribution is 2.47. The van der Waals surface area contributed by atoms with E-state index in [4.69, 9.17) is 0 Å². The van der Waals surface area contributed by atoms with E-state index >= 15 is 0 Å². The molecule has 2 rings (SSSR count). The molecule has 2 N–H and O–H groups in total. The Balaban J connectivity index is 1.94. The number of benzene rings is 1. The van der Waals surface area contributed by atoms with E-state index in [0.29, 0.717) is 5.92 Å². The number of hydrogen-bond donors (Lipinski definition) is 2. The second kappa shape index (κ2) is 5.11. The number of amides is 1. The van der Waals surface area contributed by atoms with Crippen LogP contribution in [0, 0.1) is 5.92 Å². The van der Waals surface area contributed by atoms with Gasteiger partial charge in [0, 0.05) is 5.92 Å². The molecule has 1 aliphatic rings. The van der Waals surface area contributed by atoms with Gasteiger partial charge in [-0.25, -0.2) is 0 Å². The molecule has 1 fully saturated rings. The van der Waals surface area contributed by atoms with Gasteiger partial charge < -0.3 is 10.4 Å². The van der Waals surface area contributed by atoms with E-state index in [1.807, 2.05) is 32.0 Å². The van der Waals surface area contributed by atoms with E-state index in [0.717, 1.165) is 12.8 Å². The van der Waals surface area contributed by atoms with E-state index in [-0.39, 0.29) is 18.4 Å². The molecule has 98 valence electrons. The summed E-state index contributed by atoms with van der Waals surface area (Å²) in [6.07, 6.45) is 1.65. The zero-order valence-corrected chi connectivity index (χ0v) is 11.0. The molecule has 18 heavy (non-hydrogen) atoms. The predicted octanol–water partition coefficient (Wildman–Crippen LogP) is 2.07. The average molecular weight is 247 g/mol. The summed E-state index contributed by atoms with van der Waals surface area (Å²) in [6.45, 7) is 3.83. The van der Waals surface area contributed by atoms with Gasteiger partial charge >= 0.3 is 0 Å². The van der Waals surface area contributed by atoms with Crippen LogP contribution in [0.2, 0.25) is 0 Å². The van der Waals surface area contributed by atoms with E-state index in [2.05, 4.69) is 17.4 Å². The van der Waals surface area contributed by atoms with Crippen molar-refractivity contribution in [1.82, 2.24) is 5.32 Å². The van der Waals surface area contributed by atoms with Crippen molar-refractivity contribution in [3.8, 4) is 0 Å². The third-order valence-electron chi connectivity index (χ3n) is 3.91. The molecule has 0 radical (unpaired) electrons. The quantitative estimate of drug-likeness (QED) is 0.837. The molecule has 3 unspecified atom stereocenters. The van der Waals surface area contributed by atoms with Crippen molar-refractivity contribution in [2.24, 2.45) is 5.92 Å². The van der Waals surface area contributed by atoms with E-state index < -0.39 is 5.54 Å². The number of nitrogens with one attached hydrogen (secondary N) is 1. The Morgan fingerprint density at radius 3 is 2.67 bits per heavy atom. The van der Waals surface area contributed by atoms with Gasteiger partial charge in [0.2, 0.25) is 5.91 Å². The van der Waals surface area contributed by atoms with Crippen LogP contribution in [0.4, 0.5) is 0 Å². The summed E-state index contributed by atoms with van der Waals surface area (Å²) in [5.41, 5.74) is 0.751. The second-order valence-corrected chi connectivity index (χ2v) is 5.42. The topological polar surface area (TPSA) is 49.3 Å². The number of rotatable bonds is 5. The van der Waals surface area contributed by atoms with Crippen molar-refractivity contribution in [2.75, 3.05) is 6.61 Å². The molecule has 0 aromatic heterocycles. The minimum atomic E-state index is -0.485. The molecule has 1 aromatic carbocycles. The Morgan fingerprint density at radius 1 is 1.44 bits per heavy atom. The fourth-order valence-electron chi connectivity index (χ4n) is 2.18. The fraction of sp³-hybridized carbons (Fsp3) is 0.533. The van der Waals surface area contributed by atoms with Gasteiger partial charge in [-0.2, -0.15) is 0 Å². The zero-order chi connectivity index (χ0) is 13.2. The van der Waals surface area contributed by atoms with Crippen molar-refractivity contribution in [3.05, 3.63) is 35.9 Å². The van der Waals surface area contributed by atoms with Gasteiger partial charge in [-0.3, -0.25) is 4.79 Å². The van der Waals surface area contributed by atoms with Gasteiger partial charge in [0.05, 0.1) is 12.1 Å². The van der Waals surface area contributed by atoms with Crippen LogP contribution in [0.25, 0.3) is 0 Å². The van der Waals surface area contributed by atoms with Gasteiger partial charge in [0.15, 0.2) is 0 Å². The Bertz CT molecular complexity index is 412. The number of hydrogen-bond acceptors (Lipinski definition) is 2. The summed E-state index contributed by atoms with van der Waals surface area (Å²) < 4.78 is 0. The number of aliphatic hydroxyl groups excluding tert-OH is 1. The molecule has 0 saturated heterocycles. The molecule has 0 heterocycles. The first kappa shape index (κ1) is 13.1. The predicted molar refractivity (Wildman–Crippen MR) is 71.2 cm³/mol. The molecule has 1 saturated carbocycles. The van der Waals surface area contributed by atoms with Gasteiger partial charge in [-0.05, 0) is 31.2 Å². The summed E-state index contributed by atoms with van der Waals surface area (Å²) in [6, 6.07) is 10.1. The Kier molecular flexibility index (Phi) is 3.71. The third kappa shape index (κ3) is 2.72. The summed E-state index contributed by atoms with van der Waals surface area (Å²) in [5.74, 6) is 0.498. The lowest BCUT2D eigenvalue weighted by Gasteiger charge is -2.27. The molecule has 3 atom stereocenters. The highest BCUT2D eigenvalue weighted by molar-refractivity contribution is 5.83. The summed E-state index contributed by atoms with van der Waals surface area (Å²) in [7, 11) is 0. The van der Waals surface area contributed by atoms with Gasteiger partial charge in [0.25, 0.3) is 0 Å². The molecule has 3 heteroatoms. The molecule has 3 nitrogen and oxygen atoms in total. The maximum Gasteiger partial charge on any atom is 0.224 e. The minimum absolute atomic E-state index is 0.0159. The summed E-state index contributed by atoms with van der Waals surface area (Å²) >= 11 is 0. The van der Waals surface area contributed by atoms with Crippen LogP contribution in [0.3, 0.4) is 0 Å². The molecule has 0 spiro atoms. The van der Waals surface area contributed by atoms with Crippen molar-refractivity contribution >= 4 is 5.91 Å². The average Bonchev–Trinajstić information content (AvgIpc) is 3.20. The van der Waals surface area contributed by atoms with Crippen LogP contribution in [-0.2, 0) is 4.79 Å². The van der Waals surface area contributed by atoms with Crippen LogP contribution in [-0.4, -0.2) is 23.2 Å². The Hall–Kier alpha value is -1.35. The van der Waals surface area contributed by atoms with Crippen molar-refractivity contribution in [1.29, 1.82) is 0 Å². The highest BCUT2D eigenvalue weighted by Gasteiger charge is 2.45. The molecule has 1 amide bonds. The maximum absolute atomic E-state index is 12.1. The monoisotopic (exact) mass is 247 g/mol. The van der Waals surface area contributed by atoms with E-state index in [1.54, 1.807) is 0 Å². The smallest absolute Gasteiger partial charge is 0.224 e. The SMILES string of the molecule is CCC(C)(CO)NC(=O)C1CC1c1ccccc1. The van der Waals surface area contributed by atoms with E-state index in [1.165, 1.54) is 5.56 Å². The molecule has 0 bridgehead atoms. The Labute approximate surface area is 108 Å².